The summed E-state index contributed by atoms with van der Waals surface area (Å²) in [7, 11) is 0. The quantitative estimate of drug-likeness (QED) is 0.800. The summed E-state index contributed by atoms with van der Waals surface area (Å²) in [5, 5.41) is 8.58. The third-order valence-corrected chi connectivity index (χ3v) is 5.37. The third-order valence-electron chi connectivity index (χ3n) is 5.37. The molecule has 0 atom stereocenters. The van der Waals surface area contributed by atoms with Crippen LogP contribution in [0.4, 0.5) is 0 Å². The Labute approximate surface area is 142 Å². The van der Waals surface area contributed by atoms with E-state index in [9.17, 15) is 0 Å². The Morgan fingerprint density at radius 3 is 2.54 bits per heavy atom. The Morgan fingerprint density at radius 2 is 1.79 bits per heavy atom. The van der Waals surface area contributed by atoms with E-state index in [0.29, 0.717) is 6.54 Å². The zero-order valence-electron chi connectivity index (χ0n) is 13.8. The molecule has 2 N–H and O–H groups in total. The minimum absolute atomic E-state index is 0.125. The fraction of sp³-hybridized carbons (Fsp3) is 0.368. The largest absolute Gasteiger partial charge is 0.330 e. The molecule has 0 amide bonds. The first kappa shape index (κ1) is 15.3. The number of aromatic nitrogens is 3. The van der Waals surface area contributed by atoms with Gasteiger partial charge in [-0.25, -0.2) is 0 Å². The summed E-state index contributed by atoms with van der Waals surface area (Å²) in [6, 6.07) is 14.8. The van der Waals surface area contributed by atoms with E-state index in [4.69, 9.17) is 5.73 Å². The van der Waals surface area contributed by atoms with Crippen LogP contribution in [-0.2, 0) is 12.0 Å². The summed E-state index contributed by atoms with van der Waals surface area (Å²) in [6.45, 7) is 3.75. The Hall–Kier alpha value is -2.24. The number of hydrogen-bond donors (Lipinski definition) is 1. The van der Waals surface area contributed by atoms with Crippen molar-refractivity contribution < 1.29 is 0 Å². The molecule has 5 heteroatoms. The molecule has 1 fully saturated rings. The SMILES string of the molecule is NCC1(c2ccccc2)CCN(Cc2cnn3ncccc23)CC1. The summed E-state index contributed by atoms with van der Waals surface area (Å²) in [5.74, 6) is 0. The monoisotopic (exact) mass is 321 g/mol. The molecule has 1 saturated heterocycles. The first-order valence-corrected chi connectivity index (χ1v) is 8.57. The highest BCUT2D eigenvalue weighted by Crippen LogP contribution is 2.35. The molecule has 1 aliphatic heterocycles. The third kappa shape index (κ3) is 2.70. The van der Waals surface area contributed by atoms with Crippen molar-refractivity contribution in [1.82, 2.24) is 19.7 Å². The fourth-order valence-electron chi connectivity index (χ4n) is 3.79. The molecule has 0 unspecified atom stereocenters. The number of nitrogens with two attached hydrogens (primary N) is 1. The smallest absolute Gasteiger partial charge is 0.0918 e. The lowest BCUT2D eigenvalue weighted by Gasteiger charge is -2.41. The highest BCUT2D eigenvalue weighted by molar-refractivity contribution is 5.52. The topological polar surface area (TPSA) is 59.5 Å². The normalized spacial score (nSPS) is 18.0. The molecule has 0 saturated carbocycles. The minimum atomic E-state index is 0.125. The number of hydrogen-bond acceptors (Lipinski definition) is 4. The van der Waals surface area contributed by atoms with Crippen LogP contribution in [0.3, 0.4) is 0 Å². The van der Waals surface area contributed by atoms with Gasteiger partial charge in [-0.3, -0.25) is 4.90 Å². The number of fused-ring (bicyclic) bond motifs is 1. The van der Waals surface area contributed by atoms with Crippen molar-refractivity contribution >= 4 is 5.52 Å². The molecule has 1 aromatic carbocycles. The van der Waals surface area contributed by atoms with Crippen LogP contribution in [0.25, 0.3) is 5.52 Å². The van der Waals surface area contributed by atoms with Crippen molar-refractivity contribution in [3.05, 3.63) is 66.0 Å². The van der Waals surface area contributed by atoms with Crippen LogP contribution < -0.4 is 5.73 Å². The van der Waals surface area contributed by atoms with E-state index in [1.165, 1.54) is 11.1 Å². The van der Waals surface area contributed by atoms with Gasteiger partial charge in [0.15, 0.2) is 0 Å². The van der Waals surface area contributed by atoms with E-state index in [-0.39, 0.29) is 5.41 Å². The van der Waals surface area contributed by atoms with E-state index < -0.39 is 0 Å². The fourth-order valence-corrected chi connectivity index (χ4v) is 3.79. The van der Waals surface area contributed by atoms with E-state index >= 15 is 0 Å². The molecule has 4 rings (SSSR count). The van der Waals surface area contributed by atoms with Crippen LogP contribution in [-0.4, -0.2) is 39.4 Å². The molecule has 24 heavy (non-hydrogen) atoms. The Bertz CT molecular complexity index is 803. The van der Waals surface area contributed by atoms with Gasteiger partial charge in [0.25, 0.3) is 0 Å². The molecule has 124 valence electrons. The lowest BCUT2D eigenvalue weighted by atomic mass is 9.73. The highest BCUT2D eigenvalue weighted by Gasteiger charge is 2.34. The lowest BCUT2D eigenvalue weighted by molar-refractivity contribution is 0.156. The number of piperidine rings is 1. The standard InChI is InChI=1S/C19H23N5/c20-15-19(17-5-2-1-3-6-17)8-11-23(12-9-19)14-16-13-22-24-18(16)7-4-10-21-24/h1-7,10,13H,8-9,11-12,14-15,20H2. The predicted molar refractivity (Wildman–Crippen MR) is 94.7 cm³/mol. The van der Waals surface area contributed by atoms with Gasteiger partial charge in [-0.2, -0.15) is 14.8 Å². The number of nitrogens with zero attached hydrogens (tertiary/aromatic N) is 4. The molecule has 0 radical (unpaired) electrons. The molecule has 0 aliphatic carbocycles. The number of likely N-dealkylation sites (tertiary alicyclic amines) is 1. The number of benzene rings is 1. The molecule has 0 bridgehead atoms. The van der Waals surface area contributed by atoms with Gasteiger partial charge in [0, 0.05) is 30.3 Å². The van der Waals surface area contributed by atoms with Gasteiger partial charge in [-0.05, 0) is 43.6 Å². The maximum atomic E-state index is 6.19. The van der Waals surface area contributed by atoms with Crippen molar-refractivity contribution in [1.29, 1.82) is 0 Å². The van der Waals surface area contributed by atoms with Crippen LogP contribution in [0.2, 0.25) is 0 Å². The first-order valence-electron chi connectivity index (χ1n) is 8.57. The molecular weight excluding hydrogens is 298 g/mol. The van der Waals surface area contributed by atoms with Crippen LogP contribution >= 0.6 is 0 Å². The molecule has 5 nitrogen and oxygen atoms in total. The summed E-state index contributed by atoms with van der Waals surface area (Å²) >= 11 is 0. The van der Waals surface area contributed by atoms with Crippen LogP contribution in [0.5, 0.6) is 0 Å². The van der Waals surface area contributed by atoms with Crippen molar-refractivity contribution in [3.8, 4) is 0 Å². The summed E-state index contributed by atoms with van der Waals surface area (Å²) in [4.78, 5) is 2.50. The zero-order valence-corrected chi connectivity index (χ0v) is 13.8. The van der Waals surface area contributed by atoms with E-state index in [0.717, 1.165) is 38.0 Å². The highest BCUT2D eigenvalue weighted by atomic mass is 15.4. The summed E-state index contributed by atoms with van der Waals surface area (Å²) < 4.78 is 1.70. The van der Waals surface area contributed by atoms with Gasteiger partial charge in [0.2, 0.25) is 0 Å². The first-order chi connectivity index (χ1) is 11.8. The van der Waals surface area contributed by atoms with Crippen molar-refractivity contribution in [2.24, 2.45) is 5.73 Å². The molecular formula is C19H23N5. The van der Waals surface area contributed by atoms with E-state index in [1.807, 2.05) is 12.3 Å². The van der Waals surface area contributed by atoms with Gasteiger partial charge in [-0.1, -0.05) is 30.3 Å². The average Bonchev–Trinajstić information content (AvgIpc) is 3.06. The van der Waals surface area contributed by atoms with Gasteiger partial charge in [0.05, 0.1) is 11.7 Å². The minimum Gasteiger partial charge on any atom is -0.330 e. The molecule has 0 spiro atoms. The zero-order chi connectivity index (χ0) is 16.4. The molecule has 2 aromatic heterocycles. The average molecular weight is 321 g/mol. The number of rotatable bonds is 4. The van der Waals surface area contributed by atoms with Gasteiger partial charge >= 0.3 is 0 Å². The van der Waals surface area contributed by atoms with Crippen molar-refractivity contribution in [3.63, 3.8) is 0 Å². The van der Waals surface area contributed by atoms with E-state index in [1.54, 1.807) is 10.8 Å². The molecule has 1 aliphatic rings. The Balaban J connectivity index is 1.48. The van der Waals surface area contributed by atoms with Crippen LogP contribution in [0.15, 0.2) is 54.9 Å². The van der Waals surface area contributed by atoms with Gasteiger partial charge in [0.1, 0.15) is 0 Å². The van der Waals surface area contributed by atoms with Crippen molar-refractivity contribution in [2.75, 3.05) is 19.6 Å². The second kappa shape index (κ2) is 6.34. The summed E-state index contributed by atoms with van der Waals surface area (Å²) in [6.07, 6.45) is 5.90. The van der Waals surface area contributed by atoms with Crippen molar-refractivity contribution in [2.45, 2.75) is 24.8 Å². The van der Waals surface area contributed by atoms with Gasteiger partial charge in [-0.15, -0.1) is 0 Å². The van der Waals surface area contributed by atoms with Gasteiger partial charge < -0.3 is 5.73 Å². The Kier molecular flexibility index (Phi) is 4.04. The maximum Gasteiger partial charge on any atom is 0.0918 e. The van der Waals surface area contributed by atoms with E-state index in [2.05, 4.69) is 51.5 Å². The lowest BCUT2D eigenvalue weighted by Crippen LogP contribution is -2.46. The predicted octanol–water partition coefficient (Wildman–Crippen LogP) is 2.22. The van der Waals surface area contributed by atoms with Crippen LogP contribution in [0, 0.1) is 0 Å². The molecule has 3 heterocycles. The molecule has 3 aromatic rings. The maximum absolute atomic E-state index is 6.19. The second-order valence-corrected chi connectivity index (χ2v) is 6.69. The van der Waals surface area contributed by atoms with Crippen LogP contribution in [0.1, 0.15) is 24.0 Å². The summed E-state index contributed by atoms with van der Waals surface area (Å²) in [5.41, 5.74) is 10.0. The Morgan fingerprint density at radius 1 is 1.00 bits per heavy atom. The second-order valence-electron chi connectivity index (χ2n) is 6.69.